The van der Waals surface area contributed by atoms with Crippen LogP contribution in [0.1, 0.15) is 89.9 Å². The number of piperidine rings is 3. The third-order valence-electron chi connectivity index (χ3n) is 9.19. The summed E-state index contributed by atoms with van der Waals surface area (Å²) in [4.78, 5) is 0. The molecule has 284 valence electrons. The monoisotopic (exact) mass is 765 g/mol. The smallest absolute Gasteiger partial charge is 0.416 e. The molecule has 0 bridgehead atoms. The van der Waals surface area contributed by atoms with Gasteiger partial charge in [-0.05, 0) is 148 Å². The van der Waals surface area contributed by atoms with Gasteiger partial charge < -0.3 is 45.7 Å². The van der Waals surface area contributed by atoms with E-state index in [1.165, 1.54) is 51.4 Å². The van der Waals surface area contributed by atoms with Crippen LogP contribution in [0.15, 0.2) is 0 Å². The van der Waals surface area contributed by atoms with Crippen LogP contribution in [0.4, 0.5) is 0 Å². The molecule has 0 spiro atoms. The highest BCUT2D eigenvalue weighted by molar-refractivity contribution is 6.86. The minimum Gasteiger partial charge on any atom is -0.416 e. The summed E-state index contributed by atoms with van der Waals surface area (Å²) in [7, 11) is -13.7. The van der Waals surface area contributed by atoms with Gasteiger partial charge in [-0.2, -0.15) is 0 Å². The maximum Gasteiger partial charge on any atom is 0.482 e. The lowest BCUT2D eigenvalue weighted by molar-refractivity contribution is 0.0701. The second kappa shape index (κ2) is 20.8. The summed E-state index contributed by atoms with van der Waals surface area (Å²) in [5.74, 6) is 0.700. The van der Waals surface area contributed by atoms with E-state index in [0.717, 1.165) is 64.7 Å². The van der Waals surface area contributed by atoms with E-state index >= 15 is 0 Å². The van der Waals surface area contributed by atoms with E-state index in [1.807, 2.05) is 19.6 Å². The number of hydrogen-bond donors (Lipinski definition) is 3. The summed E-state index contributed by atoms with van der Waals surface area (Å²) >= 11 is 0. The van der Waals surface area contributed by atoms with Crippen molar-refractivity contribution in [1.82, 2.24) is 16.0 Å². The Morgan fingerprint density at radius 2 is 0.917 bits per heavy atom. The quantitative estimate of drug-likeness (QED) is 0.0738. The molecule has 0 aliphatic carbocycles. The Bertz CT molecular complexity index is 831. The summed E-state index contributed by atoms with van der Waals surface area (Å²) in [6.45, 7) is 25.6. The van der Waals surface area contributed by atoms with Crippen LogP contribution in [0, 0.1) is 5.92 Å². The first-order chi connectivity index (χ1) is 22.6. The molecule has 0 radical (unpaired) electrons. The molecule has 3 fully saturated rings. The van der Waals surface area contributed by atoms with E-state index in [4.69, 9.17) is 29.7 Å². The second-order valence-electron chi connectivity index (χ2n) is 16.7. The zero-order valence-corrected chi connectivity index (χ0v) is 37.4. The number of hydrogen-bond acceptors (Lipinski definition) is 10. The van der Waals surface area contributed by atoms with E-state index in [-0.39, 0.29) is 0 Å². The fourth-order valence-corrected chi connectivity index (χ4v) is 26.2. The molecule has 0 amide bonds. The van der Waals surface area contributed by atoms with Crippen molar-refractivity contribution in [3.05, 3.63) is 0 Å². The highest BCUT2D eigenvalue weighted by Crippen LogP contribution is 2.30. The predicted octanol–water partition coefficient (Wildman–Crippen LogP) is 7.10. The fourth-order valence-electron chi connectivity index (χ4n) is 7.34. The van der Waals surface area contributed by atoms with Gasteiger partial charge in [-0.3, -0.25) is 0 Å². The molecule has 10 nitrogen and oxygen atoms in total. The third-order valence-corrected chi connectivity index (χ3v) is 25.2. The molecule has 3 rings (SSSR count). The van der Waals surface area contributed by atoms with Gasteiger partial charge in [0.2, 0.25) is 0 Å². The molecule has 3 aliphatic heterocycles. The molecule has 0 aromatic heterocycles. The van der Waals surface area contributed by atoms with Gasteiger partial charge in [-0.1, -0.05) is 12.8 Å². The Labute approximate surface area is 300 Å². The topological polar surface area (TPSA) is 101 Å². The molecule has 15 heteroatoms. The Balaban J connectivity index is 1.73. The van der Waals surface area contributed by atoms with Crippen LogP contribution in [-0.2, 0) is 29.7 Å². The molecule has 3 heterocycles. The van der Waals surface area contributed by atoms with Gasteiger partial charge in [0, 0.05) is 51.5 Å². The molecular weight excluding hydrogens is 691 g/mol. The second-order valence-corrected chi connectivity index (χ2v) is 34.5. The Morgan fingerprint density at radius 3 is 1.29 bits per heavy atom. The summed E-state index contributed by atoms with van der Waals surface area (Å²) < 4.78 is 47.9. The predicted molar refractivity (Wildman–Crippen MR) is 208 cm³/mol. The average molecular weight is 766 g/mol. The van der Waals surface area contributed by atoms with E-state index in [0.29, 0.717) is 37.8 Å². The summed E-state index contributed by atoms with van der Waals surface area (Å²) in [5, 5.41) is 10.9. The highest BCUT2D eigenvalue weighted by Gasteiger charge is 2.55. The van der Waals surface area contributed by atoms with Crippen LogP contribution in [0.3, 0.4) is 0 Å². The maximum atomic E-state index is 7.07. The molecule has 0 aromatic rings. The average Bonchev–Trinajstić information content (AvgIpc) is 2.99. The van der Waals surface area contributed by atoms with Gasteiger partial charge in [-0.15, -0.1) is 0 Å². The van der Waals surface area contributed by atoms with Crippen LogP contribution in [0.2, 0.25) is 58.9 Å². The van der Waals surface area contributed by atoms with Gasteiger partial charge >= 0.3 is 26.4 Å². The fraction of sp³-hybridized carbons (Fsp3) is 1.00. The van der Waals surface area contributed by atoms with Crippen LogP contribution < -0.4 is 16.0 Å². The zero-order valence-electron chi connectivity index (χ0n) is 32.4. The zero-order chi connectivity index (χ0) is 35.2. The minimum absolute atomic E-state index is 0.578. The normalized spacial score (nSPS) is 26.8. The van der Waals surface area contributed by atoms with Crippen LogP contribution in [-0.4, -0.2) is 101 Å². The van der Waals surface area contributed by atoms with E-state index in [1.54, 1.807) is 0 Å². The van der Waals surface area contributed by atoms with Crippen molar-refractivity contribution in [3.63, 3.8) is 0 Å². The van der Waals surface area contributed by atoms with Gasteiger partial charge in [0.25, 0.3) is 0 Å². The van der Waals surface area contributed by atoms with Crippen molar-refractivity contribution in [2.75, 3.05) is 46.0 Å². The highest BCUT2D eigenvalue weighted by atomic mass is 28.5. The van der Waals surface area contributed by atoms with E-state index in [9.17, 15) is 0 Å². The third kappa shape index (κ3) is 18.4. The molecule has 48 heavy (non-hydrogen) atoms. The molecule has 0 saturated carbocycles. The first kappa shape index (κ1) is 43.1. The SMILES string of the molecule is C[Si](C)(C)O[Si](C)(OCCCC1CCCCN1)O[Si](C)(OCCCC1CCCNC1)O[Si](C)(OCCCC1CCCCN1)O[Si](C)(C)C. The van der Waals surface area contributed by atoms with Crippen LogP contribution in [0.5, 0.6) is 0 Å². The Morgan fingerprint density at radius 1 is 0.479 bits per heavy atom. The van der Waals surface area contributed by atoms with Crippen molar-refractivity contribution in [3.8, 4) is 0 Å². The Kier molecular flexibility index (Phi) is 18.7. The molecule has 5 unspecified atom stereocenters. The van der Waals surface area contributed by atoms with Gasteiger partial charge in [-0.25, -0.2) is 0 Å². The van der Waals surface area contributed by atoms with Gasteiger partial charge in [0.1, 0.15) is 0 Å². The largest absolute Gasteiger partial charge is 0.482 e. The van der Waals surface area contributed by atoms with Crippen LogP contribution in [0.25, 0.3) is 0 Å². The number of nitrogens with one attached hydrogen (secondary N) is 3. The molecule has 3 aliphatic rings. The lowest BCUT2D eigenvalue weighted by atomic mass is 9.95. The van der Waals surface area contributed by atoms with Crippen molar-refractivity contribution < 1.29 is 29.7 Å². The lowest BCUT2D eigenvalue weighted by Gasteiger charge is -2.42. The molecular formula is C33H75N3O7Si5. The van der Waals surface area contributed by atoms with E-state index in [2.05, 4.69) is 55.2 Å². The van der Waals surface area contributed by atoms with Crippen molar-refractivity contribution in [2.24, 2.45) is 5.92 Å². The Hall–Kier alpha value is 0.684. The maximum absolute atomic E-state index is 7.07. The number of rotatable bonds is 23. The molecule has 5 atom stereocenters. The first-order valence-corrected chi connectivity index (χ1v) is 33.0. The van der Waals surface area contributed by atoms with Crippen LogP contribution >= 0.6 is 0 Å². The first-order valence-electron chi connectivity index (χ1n) is 19.5. The standard InChI is InChI=1S/C33H75N3O7Si5/c1-44(2,3)40-46(7,37-28-16-22-32-20-10-12-25-35-32)42-48(9,39-27-15-19-31-18-14-24-34-30-31)43-47(8,41-45(4,5)6)38-29-17-23-33-21-11-13-26-36-33/h31-36H,10-30H2,1-9H3. The van der Waals surface area contributed by atoms with Crippen molar-refractivity contribution in [1.29, 1.82) is 0 Å². The van der Waals surface area contributed by atoms with Crippen molar-refractivity contribution >= 4 is 43.0 Å². The summed E-state index contributed by atoms with van der Waals surface area (Å²) in [6, 6.07) is 1.16. The molecule has 3 N–H and O–H groups in total. The van der Waals surface area contributed by atoms with Gasteiger partial charge in [0.05, 0.1) is 0 Å². The minimum atomic E-state index is -3.36. The molecule has 3 saturated heterocycles. The lowest BCUT2D eigenvalue weighted by Crippen LogP contribution is -2.64. The summed E-state index contributed by atoms with van der Waals surface area (Å²) in [5.41, 5.74) is 0. The van der Waals surface area contributed by atoms with Crippen molar-refractivity contribution in [2.45, 2.75) is 161 Å². The molecule has 0 aromatic carbocycles. The van der Waals surface area contributed by atoms with Gasteiger partial charge in [0.15, 0.2) is 16.6 Å². The summed E-state index contributed by atoms with van der Waals surface area (Å²) in [6.07, 6.45) is 16.5. The van der Waals surface area contributed by atoms with E-state index < -0.39 is 43.0 Å².